The highest BCUT2D eigenvalue weighted by Crippen LogP contribution is 2.32. The van der Waals surface area contributed by atoms with Crippen LogP contribution >= 0.6 is 0 Å². The first-order valence-electron chi connectivity index (χ1n) is 11.4. The van der Waals surface area contributed by atoms with Crippen LogP contribution in [0.2, 0.25) is 0 Å². The van der Waals surface area contributed by atoms with Gasteiger partial charge in [-0.15, -0.1) is 0 Å². The largest absolute Gasteiger partial charge is 0.353 e. The summed E-state index contributed by atoms with van der Waals surface area (Å²) in [6, 6.07) is 0.338. The van der Waals surface area contributed by atoms with E-state index in [0.29, 0.717) is 18.4 Å². The zero-order valence-electron chi connectivity index (χ0n) is 17.9. The van der Waals surface area contributed by atoms with Gasteiger partial charge in [-0.05, 0) is 52.4 Å². The summed E-state index contributed by atoms with van der Waals surface area (Å²) in [6.07, 6.45) is 10.3. The molecular weight excluding hydrogens is 364 g/mol. The first-order chi connectivity index (χ1) is 14.0. The molecule has 158 valence electrons. The van der Waals surface area contributed by atoms with E-state index in [0.717, 1.165) is 74.4 Å². The lowest BCUT2D eigenvalue weighted by molar-refractivity contribution is -0.139. The maximum atomic E-state index is 12.6. The fourth-order valence-electron chi connectivity index (χ4n) is 5.01. The molecule has 3 fully saturated rings. The highest BCUT2D eigenvalue weighted by Gasteiger charge is 2.33. The van der Waals surface area contributed by atoms with E-state index < -0.39 is 0 Å². The fraction of sp³-hybridized carbons (Fsp3) is 0.739. The summed E-state index contributed by atoms with van der Waals surface area (Å²) >= 11 is 0. The van der Waals surface area contributed by atoms with Crippen LogP contribution in [0.1, 0.15) is 86.5 Å². The van der Waals surface area contributed by atoms with E-state index in [9.17, 15) is 9.59 Å². The van der Waals surface area contributed by atoms with Crippen molar-refractivity contribution in [3.8, 4) is 0 Å². The van der Waals surface area contributed by atoms with Gasteiger partial charge in [0.2, 0.25) is 11.8 Å². The Labute approximate surface area is 173 Å². The fourth-order valence-corrected chi connectivity index (χ4v) is 5.01. The number of rotatable bonds is 5. The summed E-state index contributed by atoms with van der Waals surface area (Å²) in [6.45, 7) is 5.56. The first-order valence-corrected chi connectivity index (χ1v) is 11.4. The molecular formula is C23H34N4O2. The second-order valence-corrected chi connectivity index (χ2v) is 9.21. The predicted molar refractivity (Wildman–Crippen MR) is 112 cm³/mol. The Morgan fingerprint density at radius 3 is 2.28 bits per heavy atom. The van der Waals surface area contributed by atoms with Crippen LogP contribution in [-0.2, 0) is 16.0 Å². The minimum atomic E-state index is 0.0781. The Balaban J connectivity index is 1.41. The number of carbonyl (C=O) groups excluding carboxylic acids is 2. The SMILES string of the molecule is Cc1nc([C@H]2CCCN(C(=O)C3CCC3)C2)nc(C)c1CC(=O)NC1CCCC1. The molecule has 6 heteroatoms. The van der Waals surface area contributed by atoms with E-state index >= 15 is 0 Å². The lowest BCUT2D eigenvalue weighted by Crippen LogP contribution is -2.44. The van der Waals surface area contributed by atoms with E-state index in [1.54, 1.807) is 0 Å². The summed E-state index contributed by atoms with van der Waals surface area (Å²) in [7, 11) is 0. The van der Waals surface area contributed by atoms with Crippen LogP contribution in [0, 0.1) is 19.8 Å². The molecule has 0 aromatic carbocycles. The van der Waals surface area contributed by atoms with Crippen molar-refractivity contribution in [1.82, 2.24) is 20.2 Å². The number of carbonyl (C=O) groups is 2. The monoisotopic (exact) mass is 398 g/mol. The summed E-state index contributed by atoms with van der Waals surface area (Å²) in [5.41, 5.74) is 2.75. The topological polar surface area (TPSA) is 75.2 Å². The highest BCUT2D eigenvalue weighted by molar-refractivity contribution is 5.80. The summed E-state index contributed by atoms with van der Waals surface area (Å²) in [4.78, 5) is 36.7. The Hall–Kier alpha value is -1.98. The van der Waals surface area contributed by atoms with E-state index in [4.69, 9.17) is 9.97 Å². The lowest BCUT2D eigenvalue weighted by Gasteiger charge is -2.37. The van der Waals surface area contributed by atoms with Crippen LogP contribution in [-0.4, -0.2) is 45.8 Å². The molecule has 1 aromatic heterocycles. The predicted octanol–water partition coefficient (Wildman–Crippen LogP) is 3.20. The third-order valence-corrected chi connectivity index (χ3v) is 7.05. The molecule has 4 rings (SSSR count). The second-order valence-electron chi connectivity index (χ2n) is 9.21. The van der Waals surface area contributed by atoms with Gasteiger partial charge in [0, 0.05) is 47.9 Å². The number of hydrogen-bond acceptors (Lipinski definition) is 4. The van der Waals surface area contributed by atoms with E-state index in [2.05, 4.69) is 5.32 Å². The van der Waals surface area contributed by atoms with E-state index in [1.165, 1.54) is 19.3 Å². The van der Waals surface area contributed by atoms with Crippen molar-refractivity contribution in [3.05, 3.63) is 22.8 Å². The number of amides is 2. The smallest absolute Gasteiger partial charge is 0.225 e. The third kappa shape index (κ3) is 4.62. The van der Waals surface area contributed by atoms with Crippen LogP contribution in [0.15, 0.2) is 0 Å². The number of hydrogen-bond donors (Lipinski definition) is 1. The number of nitrogens with one attached hydrogen (secondary N) is 1. The van der Waals surface area contributed by atoms with Gasteiger partial charge in [0.1, 0.15) is 5.82 Å². The molecule has 2 aliphatic carbocycles. The zero-order valence-corrected chi connectivity index (χ0v) is 17.9. The number of likely N-dealkylation sites (tertiary alicyclic amines) is 1. The van der Waals surface area contributed by atoms with Crippen molar-refractivity contribution in [2.45, 2.75) is 90.0 Å². The number of piperidine rings is 1. The van der Waals surface area contributed by atoms with Gasteiger partial charge in [-0.3, -0.25) is 9.59 Å². The minimum Gasteiger partial charge on any atom is -0.353 e. The van der Waals surface area contributed by atoms with Gasteiger partial charge in [0.05, 0.1) is 6.42 Å². The Kier molecular flexibility index (Phi) is 6.16. The molecule has 6 nitrogen and oxygen atoms in total. The van der Waals surface area contributed by atoms with Crippen LogP contribution < -0.4 is 5.32 Å². The maximum absolute atomic E-state index is 12.6. The van der Waals surface area contributed by atoms with Crippen LogP contribution in [0.5, 0.6) is 0 Å². The number of nitrogens with zero attached hydrogens (tertiary/aromatic N) is 3. The van der Waals surface area contributed by atoms with Crippen molar-refractivity contribution in [2.75, 3.05) is 13.1 Å². The molecule has 2 heterocycles. The molecule has 1 atom stereocenters. The average molecular weight is 399 g/mol. The average Bonchev–Trinajstić information content (AvgIpc) is 3.16. The lowest BCUT2D eigenvalue weighted by atomic mass is 9.83. The van der Waals surface area contributed by atoms with Crippen LogP contribution in [0.25, 0.3) is 0 Å². The van der Waals surface area contributed by atoms with Gasteiger partial charge in [0.15, 0.2) is 0 Å². The van der Waals surface area contributed by atoms with Gasteiger partial charge in [0.25, 0.3) is 0 Å². The van der Waals surface area contributed by atoms with E-state index in [1.807, 2.05) is 18.7 Å². The normalized spacial score (nSPS) is 23.1. The number of aromatic nitrogens is 2. The van der Waals surface area contributed by atoms with Gasteiger partial charge in [-0.25, -0.2) is 9.97 Å². The van der Waals surface area contributed by atoms with Crippen molar-refractivity contribution in [1.29, 1.82) is 0 Å². The van der Waals surface area contributed by atoms with Crippen molar-refractivity contribution in [2.24, 2.45) is 5.92 Å². The molecule has 1 aliphatic heterocycles. The third-order valence-electron chi connectivity index (χ3n) is 7.05. The number of aryl methyl sites for hydroxylation is 2. The zero-order chi connectivity index (χ0) is 20.4. The maximum Gasteiger partial charge on any atom is 0.225 e. The molecule has 0 unspecified atom stereocenters. The highest BCUT2D eigenvalue weighted by atomic mass is 16.2. The van der Waals surface area contributed by atoms with Crippen molar-refractivity contribution >= 4 is 11.8 Å². The van der Waals surface area contributed by atoms with Crippen LogP contribution in [0.4, 0.5) is 0 Å². The molecule has 29 heavy (non-hydrogen) atoms. The summed E-state index contributed by atoms with van der Waals surface area (Å²) < 4.78 is 0. The van der Waals surface area contributed by atoms with Gasteiger partial charge in [-0.2, -0.15) is 0 Å². The molecule has 0 radical (unpaired) electrons. The quantitative estimate of drug-likeness (QED) is 0.826. The van der Waals surface area contributed by atoms with Crippen molar-refractivity contribution < 1.29 is 9.59 Å². The van der Waals surface area contributed by atoms with Crippen molar-refractivity contribution in [3.63, 3.8) is 0 Å². The molecule has 0 spiro atoms. The molecule has 2 amide bonds. The summed E-state index contributed by atoms with van der Waals surface area (Å²) in [5.74, 6) is 1.69. The molecule has 1 aromatic rings. The molecule has 2 saturated carbocycles. The van der Waals surface area contributed by atoms with E-state index in [-0.39, 0.29) is 17.7 Å². The second kappa shape index (κ2) is 8.80. The summed E-state index contributed by atoms with van der Waals surface area (Å²) in [5, 5.41) is 3.16. The molecule has 0 bridgehead atoms. The Morgan fingerprint density at radius 2 is 1.66 bits per heavy atom. The minimum absolute atomic E-state index is 0.0781. The van der Waals surface area contributed by atoms with Gasteiger partial charge < -0.3 is 10.2 Å². The standard InChI is InChI=1S/C23H34N4O2/c1-15-20(13-21(28)26-19-10-3-4-11-19)16(2)25-22(24-15)18-9-6-12-27(14-18)23(29)17-7-5-8-17/h17-19H,3-14H2,1-2H3,(H,26,28)/t18-/m0/s1. The van der Waals surface area contributed by atoms with Gasteiger partial charge >= 0.3 is 0 Å². The molecule has 3 aliphatic rings. The Bertz CT molecular complexity index is 745. The molecule has 1 N–H and O–H groups in total. The molecule has 1 saturated heterocycles. The first kappa shape index (κ1) is 20.3. The Morgan fingerprint density at radius 1 is 0.966 bits per heavy atom. The van der Waals surface area contributed by atoms with Crippen LogP contribution in [0.3, 0.4) is 0 Å². The van der Waals surface area contributed by atoms with Gasteiger partial charge in [-0.1, -0.05) is 19.3 Å².